The molecule has 0 fully saturated rings. The molecule has 3 aromatic heterocycles. The predicted molar refractivity (Wildman–Crippen MR) is 113 cm³/mol. The van der Waals surface area contributed by atoms with Crippen LogP contribution in [-0.2, 0) is 4.79 Å². The molecule has 0 saturated carbocycles. The summed E-state index contributed by atoms with van der Waals surface area (Å²) in [5, 5.41) is 11.2. The van der Waals surface area contributed by atoms with Crippen LogP contribution in [0, 0.1) is 0 Å². The molecular formula is C22H21N5O3. The fourth-order valence-electron chi connectivity index (χ4n) is 3.26. The third-order valence-corrected chi connectivity index (χ3v) is 4.83. The highest BCUT2D eigenvalue weighted by atomic mass is 16.5. The predicted octanol–water partition coefficient (Wildman–Crippen LogP) is 2.82. The average molecular weight is 403 g/mol. The molecule has 0 aliphatic carbocycles. The Balaban J connectivity index is 1.78. The maximum atomic E-state index is 12.1. The van der Waals surface area contributed by atoms with Crippen molar-refractivity contribution in [3.63, 3.8) is 0 Å². The molecule has 3 heterocycles. The minimum absolute atomic E-state index is 0.185. The molecule has 30 heavy (non-hydrogen) atoms. The molecular weight excluding hydrogens is 382 g/mol. The molecule has 0 aliphatic rings. The van der Waals surface area contributed by atoms with Gasteiger partial charge in [0.1, 0.15) is 11.4 Å². The zero-order valence-corrected chi connectivity index (χ0v) is 16.8. The van der Waals surface area contributed by atoms with Gasteiger partial charge < -0.3 is 19.7 Å². The number of pyridine rings is 1. The number of nitrogens with one attached hydrogen (secondary N) is 1. The number of aromatic nitrogens is 4. The number of rotatable bonds is 5. The average Bonchev–Trinajstić information content (AvgIpc) is 3.21. The minimum atomic E-state index is -1.37. The number of H-pyrrole nitrogens is 1. The van der Waals surface area contributed by atoms with E-state index in [0.717, 1.165) is 33.5 Å². The van der Waals surface area contributed by atoms with E-state index in [2.05, 4.69) is 19.9 Å². The molecule has 1 unspecified atom stereocenters. The number of carbonyl (C=O) groups excluding carboxylic acids is 1. The lowest BCUT2D eigenvalue weighted by Gasteiger charge is -2.15. The highest BCUT2D eigenvalue weighted by Crippen LogP contribution is 2.35. The van der Waals surface area contributed by atoms with Crippen LogP contribution in [0.3, 0.4) is 0 Å². The van der Waals surface area contributed by atoms with Gasteiger partial charge in [0.05, 0.1) is 30.9 Å². The first-order valence-electron chi connectivity index (χ1n) is 9.31. The number of hydrogen-bond donors (Lipinski definition) is 2. The van der Waals surface area contributed by atoms with E-state index in [1.807, 2.05) is 36.5 Å². The molecule has 0 saturated heterocycles. The topological polar surface area (TPSA) is 104 Å². The van der Waals surface area contributed by atoms with Crippen molar-refractivity contribution in [3.05, 3.63) is 60.8 Å². The molecule has 0 radical (unpaired) electrons. The van der Waals surface area contributed by atoms with Crippen LogP contribution in [0.15, 0.2) is 55.1 Å². The van der Waals surface area contributed by atoms with Gasteiger partial charge in [0.15, 0.2) is 6.10 Å². The van der Waals surface area contributed by atoms with E-state index in [4.69, 9.17) is 4.74 Å². The maximum absolute atomic E-state index is 12.1. The van der Waals surface area contributed by atoms with Crippen LogP contribution in [0.25, 0.3) is 33.4 Å². The molecule has 0 spiro atoms. The number of likely N-dealkylation sites (N-methyl/N-ethyl adjacent to an activating group) is 1. The van der Waals surface area contributed by atoms with Crippen LogP contribution < -0.4 is 4.74 Å². The Labute approximate surface area is 173 Å². The van der Waals surface area contributed by atoms with Gasteiger partial charge in [-0.25, -0.2) is 9.97 Å². The zero-order chi connectivity index (χ0) is 21.3. The molecule has 4 rings (SSSR count). The number of benzene rings is 1. The van der Waals surface area contributed by atoms with E-state index in [9.17, 15) is 9.90 Å². The number of para-hydroxylation sites is 1. The summed E-state index contributed by atoms with van der Waals surface area (Å²) < 4.78 is 5.50. The molecule has 8 nitrogen and oxygen atoms in total. The second-order valence-corrected chi connectivity index (χ2v) is 6.99. The van der Waals surface area contributed by atoms with Crippen molar-refractivity contribution in [2.75, 3.05) is 21.2 Å². The van der Waals surface area contributed by atoms with Gasteiger partial charge in [-0.1, -0.05) is 18.2 Å². The molecule has 4 aromatic rings. The number of amides is 1. The van der Waals surface area contributed by atoms with Crippen molar-refractivity contribution >= 4 is 16.9 Å². The van der Waals surface area contributed by atoms with E-state index < -0.39 is 12.0 Å². The third-order valence-electron chi connectivity index (χ3n) is 4.83. The highest BCUT2D eigenvalue weighted by Gasteiger charge is 2.21. The third kappa shape index (κ3) is 3.48. The molecule has 8 heteroatoms. The van der Waals surface area contributed by atoms with Crippen LogP contribution in [0.4, 0.5) is 0 Å². The number of aliphatic hydroxyl groups is 1. The van der Waals surface area contributed by atoms with E-state index in [1.54, 1.807) is 33.6 Å². The monoisotopic (exact) mass is 403 g/mol. The van der Waals surface area contributed by atoms with Gasteiger partial charge in [0.25, 0.3) is 5.91 Å². The summed E-state index contributed by atoms with van der Waals surface area (Å²) in [6.45, 7) is 0. The highest BCUT2D eigenvalue weighted by molar-refractivity contribution is 5.97. The van der Waals surface area contributed by atoms with Gasteiger partial charge in [-0.05, 0) is 12.1 Å². The zero-order valence-electron chi connectivity index (χ0n) is 16.8. The number of hydrogen-bond acceptors (Lipinski definition) is 6. The fourth-order valence-corrected chi connectivity index (χ4v) is 3.26. The van der Waals surface area contributed by atoms with Gasteiger partial charge in [-0.3, -0.25) is 9.78 Å². The fraction of sp³-hybridized carbons (Fsp3) is 0.182. The van der Waals surface area contributed by atoms with Gasteiger partial charge in [0, 0.05) is 48.6 Å². The van der Waals surface area contributed by atoms with Crippen molar-refractivity contribution in [2.45, 2.75) is 6.10 Å². The van der Waals surface area contributed by atoms with Crippen LogP contribution in [-0.4, -0.2) is 57.1 Å². The van der Waals surface area contributed by atoms with Crippen LogP contribution in [0.1, 0.15) is 11.8 Å². The van der Waals surface area contributed by atoms with Crippen molar-refractivity contribution in [3.8, 4) is 28.1 Å². The summed E-state index contributed by atoms with van der Waals surface area (Å²) in [5.41, 5.74) is 4.04. The summed E-state index contributed by atoms with van der Waals surface area (Å²) in [6.07, 6.45) is 5.16. The summed E-state index contributed by atoms with van der Waals surface area (Å²) in [4.78, 5) is 29.6. The molecule has 1 atom stereocenters. The standard InChI is InChI=1S/C22H21N5O3/c1-27(2)22(29)20(28)18-12-23-11-17(26-18)13-8-15-16(10-25-21(15)24-9-13)14-6-4-5-7-19(14)30-3/h4-12,20,28H,1-3H3,(H,24,25). The smallest absolute Gasteiger partial charge is 0.257 e. The van der Waals surface area contributed by atoms with Gasteiger partial charge >= 0.3 is 0 Å². The normalized spacial score (nSPS) is 12.0. The van der Waals surface area contributed by atoms with Crippen molar-refractivity contribution < 1.29 is 14.6 Å². The van der Waals surface area contributed by atoms with E-state index in [-0.39, 0.29) is 5.69 Å². The summed E-state index contributed by atoms with van der Waals surface area (Å²) in [7, 11) is 4.79. The van der Waals surface area contributed by atoms with Crippen molar-refractivity contribution in [1.29, 1.82) is 0 Å². The lowest BCUT2D eigenvalue weighted by Crippen LogP contribution is -2.28. The first-order chi connectivity index (χ1) is 14.5. The summed E-state index contributed by atoms with van der Waals surface area (Å²) in [5.74, 6) is 0.301. The SMILES string of the molecule is COc1ccccc1-c1c[nH]c2ncc(-c3cncc(C(O)C(=O)N(C)C)n3)cc12. The van der Waals surface area contributed by atoms with Crippen LogP contribution in [0.2, 0.25) is 0 Å². The largest absolute Gasteiger partial charge is 0.496 e. The van der Waals surface area contributed by atoms with Gasteiger partial charge in [-0.15, -0.1) is 0 Å². The Morgan fingerprint density at radius 1 is 1.17 bits per heavy atom. The number of methoxy groups -OCH3 is 1. The molecule has 2 N–H and O–H groups in total. The maximum Gasteiger partial charge on any atom is 0.257 e. The van der Waals surface area contributed by atoms with E-state index >= 15 is 0 Å². The minimum Gasteiger partial charge on any atom is -0.496 e. The van der Waals surface area contributed by atoms with Crippen molar-refractivity contribution in [2.24, 2.45) is 0 Å². The quantitative estimate of drug-likeness (QED) is 0.531. The number of ether oxygens (including phenoxy) is 1. The number of aliphatic hydroxyl groups excluding tert-OH is 1. The number of aromatic amines is 1. The summed E-state index contributed by atoms with van der Waals surface area (Å²) >= 11 is 0. The first kappa shape index (κ1) is 19.5. The number of nitrogens with zero attached hydrogens (tertiary/aromatic N) is 4. The molecule has 1 aromatic carbocycles. The Morgan fingerprint density at radius 3 is 2.73 bits per heavy atom. The lowest BCUT2D eigenvalue weighted by molar-refractivity contribution is -0.138. The van der Waals surface area contributed by atoms with Gasteiger partial charge in [-0.2, -0.15) is 0 Å². The van der Waals surface area contributed by atoms with Gasteiger partial charge in [0.2, 0.25) is 0 Å². The number of carbonyl (C=O) groups is 1. The molecule has 152 valence electrons. The Hall–Kier alpha value is -3.78. The lowest BCUT2D eigenvalue weighted by atomic mass is 10.0. The second-order valence-electron chi connectivity index (χ2n) is 6.99. The Kier molecular flexibility index (Phi) is 5.16. The van der Waals surface area contributed by atoms with E-state index in [1.165, 1.54) is 11.1 Å². The first-order valence-corrected chi connectivity index (χ1v) is 9.31. The second kappa shape index (κ2) is 7.92. The van der Waals surface area contributed by atoms with Crippen LogP contribution in [0.5, 0.6) is 5.75 Å². The van der Waals surface area contributed by atoms with Crippen molar-refractivity contribution in [1.82, 2.24) is 24.8 Å². The van der Waals surface area contributed by atoms with Crippen LogP contribution >= 0.6 is 0 Å². The molecule has 0 bridgehead atoms. The molecule has 0 aliphatic heterocycles. The Bertz CT molecular complexity index is 1220. The summed E-state index contributed by atoms with van der Waals surface area (Å²) in [6, 6.07) is 9.71. The molecule has 1 amide bonds. The van der Waals surface area contributed by atoms with E-state index in [0.29, 0.717) is 5.69 Å². The Morgan fingerprint density at radius 2 is 1.97 bits per heavy atom. The number of fused-ring (bicyclic) bond motifs is 1.